The van der Waals surface area contributed by atoms with Crippen LogP contribution in [0.1, 0.15) is 48.9 Å². The standard InChI is InChI=1S/C16H20Cl2N2O/c17-12-8-11(9-13(19)15(12)18)16(21)20-7-3-5-10-4-1-2-6-14(10)20/h8-10,14H,1-7,19H2. The molecule has 3 nitrogen and oxygen atoms in total. The number of nitrogens with zero attached hydrogens (tertiary/aromatic N) is 1. The van der Waals surface area contributed by atoms with Crippen molar-refractivity contribution in [2.45, 2.75) is 44.6 Å². The first-order valence-electron chi connectivity index (χ1n) is 7.63. The molecule has 0 spiro atoms. The van der Waals surface area contributed by atoms with Crippen LogP contribution >= 0.6 is 23.2 Å². The second-order valence-electron chi connectivity index (χ2n) is 6.11. The Balaban J connectivity index is 1.87. The minimum Gasteiger partial charge on any atom is -0.397 e. The highest BCUT2D eigenvalue weighted by Gasteiger charge is 2.36. The van der Waals surface area contributed by atoms with Crippen LogP contribution in [0.15, 0.2) is 12.1 Å². The third-order valence-corrected chi connectivity index (χ3v) is 5.62. The molecule has 2 unspecified atom stereocenters. The van der Waals surface area contributed by atoms with Gasteiger partial charge in [0.15, 0.2) is 0 Å². The van der Waals surface area contributed by atoms with Crippen molar-refractivity contribution in [1.82, 2.24) is 4.90 Å². The van der Waals surface area contributed by atoms with Crippen molar-refractivity contribution in [3.63, 3.8) is 0 Å². The molecule has 1 heterocycles. The Morgan fingerprint density at radius 1 is 1.14 bits per heavy atom. The Morgan fingerprint density at radius 2 is 1.86 bits per heavy atom. The Labute approximate surface area is 135 Å². The molecule has 2 atom stereocenters. The third-order valence-electron chi connectivity index (χ3n) is 4.81. The fourth-order valence-electron chi connectivity index (χ4n) is 3.78. The van der Waals surface area contributed by atoms with Gasteiger partial charge < -0.3 is 10.6 Å². The van der Waals surface area contributed by atoms with E-state index in [1.54, 1.807) is 12.1 Å². The van der Waals surface area contributed by atoms with Crippen molar-refractivity contribution in [2.75, 3.05) is 12.3 Å². The first-order valence-corrected chi connectivity index (χ1v) is 8.39. The molecule has 1 aromatic carbocycles. The summed E-state index contributed by atoms with van der Waals surface area (Å²) in [5, 5.41) is 0.666. The van der Waals surface area contributed by atoms with E-state index in [0.29, 0.717) is 33.3 Å². The summed E-state index contributed by atoms with van der Waals surface area (Å²) in [6.45, 7) is 0.833. The number of halogens is 2. The van der Waals surface area contributed by atoms with E-state index in [0.717, 1.165) is 19.4 Å². The Hall–Kier alpha value is -0.930. The lowest BCUT2D eigenvalue weighted by Gasteiger charge is -2.44. The Bertz CT molecular complexity index is 536. The lowest BCUT2D eigenvalue weighted by molar-refractivity contribution is 0.0391. The smallest absolute Gasteiger partial charge is 0.254 e. The maximum Gasteiger partial charge on any atom is 0.254 e. The third kappa shape index (κ3) is 2.86. The summed E-state index contributed by atoms with van der Waals surface area (Å²) in [6.07, 6.45) is 7.21. The normalized spacial score (nSPS) is 25.5. The van der Waals surface area contributed by atoms with Crippen LogP contribution < -0.4 is 5.73 Å². The van der Waals surface area contributed by atoms with E-state index >= 15 is 0 Å². The molecule has 2 N–H and O–H groups in total. The molecular weight excluding hydrogens is 307 g/mol. The van der Waals surface area contributed by atoms with Gasteiger partial charge in [0.05, 0.1) is 15.7 Å². The summed E-state index contributed by atoms with van der Waals surface area (Å²) in [5.41, 5.74) is 6.75. The zero-order valence-corrected chi connectivity index (χ0v) is 13.5. The molecule has 1 saturated carbocycles. The summed E-state index contributed by atoms with van der Waals surface area (Å²) in [4.78, 5) is 14.9. The van der Waals surface area contributed by atoms with Crippen LogP contribution in [0.5, 0.6) is 0 Å². The van der Waals surface area contributed by atoms with E-state index in [-0.39, 0.29) is 5.91 Å². The summed E-state index contributed by atoms with van der Waals surface area (Å²) < 4.78 is 0. The van der Waals surface area contributed by atoms with Crippen LogP contribution in [-0.2, 0) is 0 Å². The SMILES string of the molecule is Nc1cc(C(=O)N2CCCC3CCCCC32)cc(Cl)c1Cl. The van der Waals surface area contributed by atoms with E-state index in [9.17, 15) is 4.79 Å². The fourth-order valence-corrected chi connectivity index (χ4v) is 4.11. The number of likely N-dealkylation sites (tertiary alicyclic amines) is 1. The Kier molecular flexibility index (Phi) is 4.32. The number of carbonyl (C=O) groups excluding carboxylic acids is 1. The fraction of sp³-hybridized carbons (Fsp3) is 0.562. The number of hydrogen-bond acceptors (Lipinski definition) is 2. The van der Waals surface area contributed by atoms with E-state index in [1.807, 2.05) is 4.90 Å². The number of amides is 1. The monoisotopic (exact) mass is 326 g/mol. The second-order valence-corrected chi connectivity index (χ2v) is 6.90. The van der Waals surface area contributed by atoms with Gasteiger partial charge in [0.2, 0.25) is 0 Å². The maximum atomic E-state index is 12.8. The van der Waals surface area contributed by atoms with Gasteiger partial charge in [-0.2, -0.15) is 0 Å². The quantitative estimate of drug-likeness (QED) is 0.779. The number of rotatable bonds is 1. The summed E-state index contributed by atoms with van der Waals surface area (Å²) >= 11 is 12.0. The van der Waals surface area contributed by atoms with Gasteiger partial charge in [-0.15, -0.1) is 0 Å². The topological polar surface area (TPSA) is 46.3 Å². The van der Waals surface area contributed by atoms with Crippen LogP contribution in [0, 0.1) is 5.92 Å². The van der Waals surface area contributed by atoms with Gasteiger partial charge in [0.25, 0.3) is 5.91 Å². The molecule has 1 amide bonds. The predicted octanol–water partition coefficient (Wildman–Crippen LogP) is 4.37. The summed E-state index contributed by atoms with van der Waals surface area (Å²) in [5.74, 6) is 0.702. The molecule has 0 radical (unpaired) electrons. The first-order chi connectivity index (χ1) is 10.1. The number of piperidine rings is 1. The minimum atomic E-state index is 0.0388. The molecule has 0 bridgehead atoms. The number of carbonyl (C=O) groups is 1. The van der Waals surface area contributed by atoms with Gasteiger partial charge in [0.1, 0.15) is 0 Å². The highest BCUT2D eigenvalue weighted by molar-refractivity contribution is 6.43. The minimum absolute atomic E-state index is 0.0388. The van der Waals surface area contributed by atoms with Crippen LogP contribution in [0.3, 0.4) is 0 Å². The van der Waals surface area contributed by atoms with Crippen molar-refractivity contribution < 1.29 is 4.79 Å². The van der Waals surface area contributed by atoms with Crippen molar-refractivity contribution in [2.24, 2.45) is 5.92 Å². The van der Waals surface area contributed by atoms with Crippen molar-refractivity contribution >= 4 is 34.8 Å². The molecule has 0 aromatic heterocycles. The number of hydrogen-bond donors (Lipinski definition) is 1. The van der Waals surface area contributed by atoms with Crippen LogP contribution in [-0.4, -0.2) is 23.4 Å². The van der Waals surface area contributed by atoms with Crippen LogP contribution in [0.25, 0.3) is 0 Å². The molecule has 5 heteroatoms. The molecule has 2 fully saturated rings. The largest absolute Gasteiger partial charge is 0.397 e. The average Bonchev–Trinajstić information content (AvgIpc) is 2.51. The zero-order valence-electron chi connectivity index (χ0n) is 11.9. The molecule has 1 aliphatic carbocycles. The first kappa shape index (κ1) is 15.0. The zero-order chi connectivity index (χ0) is 15.0. The maximum absolute atomic E-state index is 12.8. The molecule has 1 aliphatic heterocycles. The molecule has 1 saturated heterocycles. The van der Waals surface area contributed by atoms with Crippen molar-refractivity contribution in [3.8, 4) is 0 Å². The van der Waals surface area contributed by atoms with Gasteiger partial charge in [-0.3, -0.25) is 4.79 Å². The molecule has 114 valence electrons. The van der Waals surface area contributed by atoms with Crippen LogP contribution in [0.4, 0.5) is 5.69 Å². The van der Waals surface area contributed by atoms with Gasteiger partial charge in [-0.1, -0.05) is 36.0 Å². The summed E-state index contributed by atoms with van der Waals surface area (Å²) in [7, 11) is 0. The Morgan fingerprint density at radius 3 is 2.62 bits per heavy atom. The molecule has 21 heavy (non-hydrogen) atoms. The molecular formula is C16H20Cl2N2O. The summed E-state index contributed by atoms with van der Waals surface area (Å²) in [6, 6.07) is 3.66. The van der Waals surface area contributed by atoms with Gasteiger partial charge in [-0.25, -0.2) is 0 Å². The van der Waals surface area contributed by atoms with Crippen molar-refractivity contribution in [3.05, 3.63) is 27.7 Å². The lowest BCUT2D eigenvalue weighted by atomic mass is 9.78. The van der Waals surface area contributed by atoms with E-state index in [1.165, 1.54) is 25.7 Å². The molecule has 1 aromatic rings. The highest BCUT2D eigenvalue weighted by atomic mass is 35.5. The second kappa shape index (κ2) is 6.05. The predicted molar refractivity (Wildman–Crippen MR) is 86.9 cm³/mol. The average molecular weight is 327 g/mol. The van der Waals surface area contributed by atoms with Crippen molar-refractivity contribution in [1.29, 1.82) is 0 Å². The molecule has 2 aliphatic rings. The van der Waals surface area contributed by atoms with E-state index in [4.69, 9.17) is 28.9 Å². The van der Waals surface area contributed by atoms with Crippen LogP contribution in [0.2, 0.25) is 10.0 Å². The highest BCUT2D eigenvalue weighted by Crippen LogP contribution is 2.37. The number of nitrogen functional groups attached to an aromatic ring is 1. The van der Waals surface area contributed by atoms with Gasteiger partial charge in [-0.05, 0) is 43.7 Å². The van der Waals surface area contributed by atoms with Gasteiger partial charge in [0, 0.05) is 18.2 Å². The van der Waals surface area contributed by atoms with E-state index < -0.39 is 0 Å². The van der Waals surface area contributed by atoms with E-state index in [2.05, 4.69) is 0 Å². The molecule has 3 rings (SSSR count). The number of benzene rings is 1. The van der Waals surface area contributed by atoms with Gasteiger partial charge >= 0.3 is 0 Å². The lowest BCUT2D eigenvalue weighted by Crippen LogP contribution is -2.49. The number of anilines is 1. The number of fused-ring (bicyclic) bond motifs is 1. The number of nitrogens with two attached hydrogens (primary N) is 1.